The zero-order valence-electron chi connectivity index (χ0n) is 14.0. The van der Waals surface area contributed by atoms with Crippen molar-refractivity contribution in [3.63, 3.8) is 0 Å². The average Bonchev–Trinajstić information content (AvgIpc) is 3.33. The van der Waals surface area contributed by atoms with Crippen LogP contribution in [0.15, 0.2) is 36.5 Å². The molecule has 0 saturated carbocycles. The molecule has 1 aliphatic heterocycles. The minimum Gasteiger partial charge on any atom is -0.459 e. The standard InChI is InChI=1S/C17H22O7/c1-10(2)15(18)22-7-13(24-16(19)11(3)4)6-12(5)17(20)23-9-14-8-21-14/h13-14H,1,3,5-9H2,2,4H3. The van der Waals surface area contributed by atoms with Crippen LogP contribution in [-0.2, 0) is 33.3 Å². The van der Waals surface area contributed by atoms with Gasteiger partial charge in [-0.1, -0.05) is 19.7 Å². The molecule has 7 nitrogen and oxygen atoms in total. The predicted molar refractivity (Wildman–Crippen MR) is 84.9 cm³/mol. The largest absolute Gasteiger partial charge is 0.459 e. The van der Waals surface area contributed by atoms with E-state index in [1.807, 2.05) is 0 Å². The summed E-state index contributed by atoms with van der Waals surface area (Å²) in [6.07, 6.45) is -0.975. The lowest BCUT2D eigenvalue weighted by molar-refractivity contribution is -0.154. The Morgan fingerprint density at radius 1 is 1.04 bits per heavy atom. The van der Waals surface area contributed by atoms with Gasteiger partial charge in [0.25, 0.3) is 0 Å². The Morgan fingerprint density at radius 3 is 2.12 bits per heavy atom. The molecule has 1 heterocycles. The van der Waals surface area contributed by atoms with E-state index in [0.29, 0.717) is 6.61 Å². The molecule has 0 radical (unpaired) electrons. The number of esters is 3. The van der Waals surface area contributed by atoms with Crippen LogP contribution in [0.3, 0.4) is 0 Å². The van der Waals surface area contributed by atoms with E-state index in [4.69, 9.17) is 18.9 Å². The molecular formula is C17H22O7. The molecule has 1 aliphatic rings. The van der Waals surface area contributed by atoms with Crippen LogP contribution in [0, 0.1) is 0 Å². The quantitative estimate of drug-likeness (QED) is 0.258. The van der Waals surface area contributed by atoms with Crippen LogP contribution in [0.2, 0.25) is 0 Å². The van der Waals surface area contributed by atoms with Crippen molar-refractivity contribution in [1.82, 2.24) is 0 Å². The third-order valence-corrected chi connectivity index (χ3v) is 2.94. The smallest absolute Gasteiger partial charge is 0.333 e. The van der Waals surface area contributed by atoms with Crippen molar-refractivity contribution in [3.05, 3.63) is 36.5 Å². The fourth-order valence-electron chi connectivity index (χ4n) is 1.47. The first-order valence-electron chi connectivity index (χ1n) is 7.36. The average molecular weight is 338 g/mol. The molecule has 0 aromatic heterocycles. The summed E-state index contributed by atoms with van der Waals surface area (Å²) in [5, 5.41) is 0. The number of carbonyl (C=O) groups is 3. The topological polar surface area (TPSA) is 91.4 Å². The summed E-state index contributed by atoms with van der Waals surface area (Å²) in [6, 6.07) is 0. The van der Waals surface area contributed by atoms with Crippen LogP contribution in [0.25, 0.3) is 0 Å². The summed E-state index contributed by atoms with van der Waals surface area (Å²) >= 11 is 0. The summed E-state index contributed by atoms with van der Waals surface area (Å²) in [4.78, 5) is 34.9. The van der Waals surface area contributed by atoms with Crippen LogP contribution in [-0.4, -0.2) is 49.9 Å². The van der Waals surface area contributed by atoms with Crippen LogP contribution in [0.4, 0.5) is 0 Å². The molecule has 0 spiro atoms. The van der Waals surface area contributed by atoms with Crippen molar-refractivity contribution in [2.45, 2.75) is 32.5 Å². The van der Waals surface area contributed by atoms with Crippen molar-refractivity contribution in [2.24, 2.45) is 0 Å². The third kappa shape index (κ3) is 7.23. The lowest BCUT2D eigenvalue weighted by Crippen LogP contribution is -2.27. The predicted octanol–water partition coefficient (Wildman–Crippen LogP) is 1.48. The zero-order chi connectivity index (χ0) is 18.3. The lowest BCUT2D eigenvalue weighted by atomic mass is 10.1. The fourth-order valence-corrected chi connectivity index (χ4v) is 1.47. The Bertz CT molecular complexity index is 557. The lowest BCUT2D eigenvalue weighted by Gasteiger charge is -2.18. The third-order valence-electron chi connectivity index (χ3n) is 2.94. The van der Waals surface area contributed by atoms with E-state index < -0.39 is 24.0 Å². The van der Waals surface area contributed by atoms with Crippen LogP contribution in [0.5, 0.6) is 0 Å². The molecule has 0 amide bonds. The highest BCUT2D eigenvalue weighted by Crippen LogP contribution is 2.14. The highest BCUT2D eigenvalue weighted by atomic mass is 16.6. The molecule has 0 bridgehead atoms. The number of ether oxygens (including phenoxy) is 4. The Balaban J connectivity index is 2.57. The zero-order valence-corrected chi connectivity index (χ0v) is 14.0. The van der Waals surface area contributed by atoms with E-state index in [1.54, 1.807) is 0 Å². The maximum Gasteiger partial charge on any atom is 0.333 e. The van der Waals surface area contributed by atoms with Gasteiger partial charge < -0.3 is 18.9 Å². The molecule has 1 rings (SSSR count). The van der Waals surface area contributed by atoms with E-state index >= 15 is 0 Å². The van der Waals surface area contributed by atoms with Crippen molar-refractivity contribution in [2.75, 3.05) is 19.8 Å². The Hall–Kier alpha value is -2.41. The van der Waals surface area contributed by atoms with Gasteiger partial charge in [0.2, 0.25) is 0 Å². The van der Waals surface area contributed by atoms with Crippen molar-refractivity contribution in [3.8, 4) is 0 Å². The molecule has 2 unspecified atom stereocenters. The Labute approximate surface area is 140 Å². The number of hydrogen-bond acceptors (Lipinski definition) is 7. The first-order chi connectivity index (χ1) is 11.2. The summed E-state index contributed by atoms with van der Waals surface area (Å²) in [5.41, 5.74) is 0.495. The van der Waals surface area contributed by atoms with Gasteiger partial charge in [0.15, 0.2) is 0 Å². The van der Waals surface area contributed by atoms with Crippen molar-refractivity contribution >= 4 is 17.9 Å². The summed E-state index contributed by atoms with van der Waals surface area (Å²) < 4.78 is 20.1. The van der Waals surface area contributed by atoms with Gasteiger partial charge in [0.05, 0.1) is 6.61 Å². The second-order valence-electron chi connectivity index (χ2n) is 5.55. The SMILES string of the molecule is C=C(C)C(=O)OCC(CC(=C)C(=O)OCC1CO1)OC(=O)C(=C)C. The maximum absolute atomic E-state index is 11.8. The number of hydrogen-bond donors (Lipinski definition) is 0. The molecule has 0 N–H and O–H groups in total. The van der Waals surface area contributed by atoms with Gasteiger partial charge in [-0.05, 0) is 13.8 Å². The van der Waals surface area contributed by atoms with Crippen LogP contribution in [0.1, 0.15) is 20.3 Å². The molecule has 7 heteroatoms. The fraction of sp³-hybridized carbons (Fsp3) is 0.471. The van der Waals surface area contributed by atoms with Crippen molar-refractivity contribution in [1.29, 1.82) is 0 Å². The van der Waals surface area contributed by atoms with Gasteiger partial charge in [-0.25, -0.2) is 14.4 Å². The second kappa shape index (κ2) is 9.02. The molecule has 132 valence electrons. The van der Waals surface area contributed by atoms with Gasteiger partial charge in [-0.15, -0.1) is 0 Å². The van der Waals surface area contributed by atoms with E-state index in [0.717, 1.165) is 0 Å². The molecule has 1 saturated heterocycles. The molecule has 1 fully saturated rings. The minimum atomic E-state index is -0.880. The maximum atomic E-state index is 11.8. The monoisotopic (exact) mass is 338 g/mol. The number of carbonyl (C=O) groups excluding carboxylic acids is 3. The molecule has 24 heavy (non-hydrogen) atoms. The number of rotatable bonds is 10. The van der Waals surface area contributed by atoms with Gasteiger partial charge >= 0.3 is 17.9 Å². The van der Waals surface area contributed by atoms with Gasteiger partial charge in [0.1, 0.15) is 25.4 Å². The van der Waals surface area contributed by atoms with E-state index in [1.165, 1.54) is 13.8 Å². The van der Waals surface area contributed by atoms with E-state index in [-0.39, 0.29) is 42.5 Å². The molecule has 0 aromatic rings. The summed E-state index contributed by atoms with van der Waals surface area (Å²) in [6.45, 7) is 14.0. The Morgan fingerprint density at radius 2 is 1.62 bits per heavy atom. The van der Waals surface area contributed by atoms with Crippen molar-refractivity contribution < 1.29 is 33.3 Å². The van der Waals surface area contributed by atoms with E-state index in [2.05, 4.69) is 19.7 Å². The van der Waals surface area contributed by atoms with Gasteiger partial charge in [-0.3, -0.25) is 0 Å². The first kappa shape index (κ1) is 19.6. The number of epoxide rings is 1. The molecule has 2 atom stereocenters. The minimum absolute atomic E-state index is 0.0349. The Kier molecular flexibility index (Phi) is 7.38. The van der Waals surface area contributed by atoms with Gasteiger partial charge in [0, 0.05) is 23.1 Å². The molecular weight excluding hydrogens is 316 g/mol. The summed E-state index contributed by atoms with van der Waals surface area (Å²) in [5.74, 6) is -1.89. The second-order valence-corrected chi connectivity index (χ2v) is 5.55. The van der Waals surface area contributed by atoms with Crippen LogP contribution < -0.4 is 0 Å². The van der Waals surface area contributed by atoms with Crippen LogP contribution >= 0.6 is 0 Å². The highest BCUT2D eigenvalue weighted by Gasteiger charge is 2.26. The normalized spacial score (nSPS) is 16.5. The van der Waals surface area contributed by atoms with Gasteiger partial charge in [-0.2, -0.15) is 0 Å². The highest BCUT2D eigenvalue weighted by molar-refractivity contribution is 5.89. The molecule has 0 aliphatic carbocycles. The molecule has 0 aromatic carbocycles. The summed E-state index contributed by atoms with van der Waals surface area (Å²) in [7, 11) is 0. The van der Waals surface area contributed by atoms with E-state index in [9.17, 15) is 14.4 Å². The first-order valence-corrected chi connectivity index (χ1v) is 7.36.